The van der Waals surface area contributed by atoms with E-state index in [1.165, 1.54) is 0 Å². The van der Waals surface area contributed by atoms with Crippen LogP contribution in [0.3, 0.4) is 0 Å². The molecule has 1 heterocycles. The van der Waals surface area contributed by atoms with Crippen molar-refractivity contribution in [1.82, 2.24) is 9.78 Å². The molecule has 1 aromatic carbocycles. The van der Waals surface area contributed by atoms with E-state index >= 15 is 0 Å². The zero-order valence-electron chi connectivity index (χ0n) is 10.5. The first kappa shape index (κ1) is 14.9. The lowest BCUT2D eigenvalue weighted by molar-refractivity contribution is -0.138. The van der Waals surface area contributed by atoms with Gasteiger partial charge in [-0.3, -0.25) is 9.59 Å². The predicted molar refractivity (Wildman–Crippen MR) is 76.2 cm³/mol. The Kier molecular flexibility index (Phi) is 4.18. The fourth-order valence-electron chi connectivity index (χ4n) is 1.69. The minimum absolute atomic E-state index is 0.209. The first-order valence-corrected chi connectivity index (χ1v) is 6.51. The maximum Gasteiger partial charge on any atom is 0.341 e. The average molecular weight is 353 g/mol. The summed E-state index contributed by atoms with van der Waals surface area (Å²) in [6, 6.07) is 7.93. The Bertz CT molecular complexity index is 767. The van der Waals surface area contributed by atoms with E-state index in [1.54, 1.807) is 24.3 Å². The summed E-state index contributed by atoms with van der Waals surface area (Å²) in [6.07, 6.45) is 0. The van der Waals surface area contributed by atoms with E-state index in [4.69, 9.17) is 10.2 Å². The number of aliphatic carboxylic acids is 1. The molecule has 0 aliphatic heterocycles. The number of benzene rings is 1. The normalized spacial score (nSPS) is 10.3. The van der Waals surface area contributed by atoms with Gasteiger partial charge in [0.05, 0.1) is 5.69 Å². The van der Waals surface area contributed by atoms with Gasteiger partial charge in [0.15, 0.2) is 0 Å². The van der Waals surface area contributed by atoms with E-state index in [-0.39, 0.29) is 5.69 Å². The lowest BCUT2D eigenvalue weighted by atomic mass is 10.1. The Labute approximate surface area is 126 Å². The van der Waals surface area contributed by atoms with Crippen molar-refractivity contribution in [3.63, 3.8) is 0 Å². The molecule has 2 aromatic rings. The van der Waals surface area contributed by atoms with Crippen LogP contribution in [0.4, 0.5) is 0 Å². The van der Waals surface area contributed by atoms with E-state index in [2.05, 4.69) is 21.0 Å². The average Bonchev–Trinajstić information content (AvgIpc) is 2.41. The summed E-state index contributed by atoms with van der Waals surface area (Å²) < 4.78 is 1.45. The molecule has 21 heavy (non-hydrogen) atoms. The Hall–Kier alpha value is -2.48. The van der Waals surface area contributed by atoms with Crippen LogP contribution in [-0.2, 0) is 11.3 Å². The third-order valence-corrected chi connectivity index (χ3v) is 3.16. The molecule has 2 N–H and O–H groups in total. The van der Waals surface area contributed by atoms with E-state index in [0.717, 1.165) is 10.5 Å². The predicted octanol–water partition coefficient (Wildman–Crippen LogP) is 1.46. The maximum absolute atomic E-state index is 11.8. The second kappa shape index (κ2) is 5.88. The highest BCUT2D eigenvalue weighted by atomic mass is 79.9. The fourth-order valence-corrected chi connectivity index (χ4v) is 1.96. The highest BCUT2D eigenvalue weighted by molar-refractivity contribution is 9.10. The Balaban J connectivity index is 2.63. The summed E-state index contributed by atoms with van der Waals surface area (Å²) >= 11 is 3.27. The summed E-state index contributed by atoms with van der Waals surface area (Å²) in [5.41, 5.74) is -0.699. The lowest BCUT2D eigenvalue weighted by Crippen LogP contribution is -2.31. The number of aromatic carboxylic acids is 1. The van der Waals surface area contributed by atoms with E-state index in [0.29, 0.717) is 10.2 Å². The molecule has 7 nitrogen and oxygen atoms in total. The van der Waals surface area contributed by atoms with Gasteiger partial charge in [-0.25, -0.2) is 9.48 Å². The Morgan fingerprint density at radius 3 is 2.33 bits per heavy atom. The summed E-state index contributed by atoms with van der Waals surface area (Å²) in [5, 5.41) is 21.7. The number of carboxylic acid groups (broad SMARTS) is 2. The monoisotopic (exact) mass is 352 g/mol. The molecule has 0 aliphatic rings. The molecule has 0 bridgehead atoms. The third-order valence-electron chi connectivity index (χ3n) is 2.63. The molecule has 0 amide bonds. The van der Waals surface area contributed by atoms with Crippen molar-refractivity contribution >= 4 is 27.9 Å². The van der Waals surface area contributed by atoms with Gasteiger partial charge in [-0.2, -0.15) is 5.10 Å². The van der Waals surface area contributed by atoms with Gasteiger partial charge in [-0.15, -0.1) is 0 Å². The zero-order chi connectivity index (χ0) is 15.6. The first-order chi connectivity index (χ1) is 9.88. The van der Waals surface area contributed by atoms with Gasteiger partial charge in [0, 0.05) is 10.0 Å². The molecule has 8 heteroatoms. The van der Waals surface area contributed by atoms with Crippen molar-refractivity contribution < 1.29 is 19.8 Å². The molecule has 0 atom stereocenters. The number of rotatable bonds is 4. The van der Waals surface area contributed by atoms with Crippen LogP contribution < -0.4 is 5.56 Å². The molecule has 0 fully saturated rings. The van der Waals surface area contributed by atoms with Crippen LogP contribution in [0.15, 0.2) is 39.6 Å². The topological polar surface area (TPSA) is 109 Å². The first-order valence-electron chi connectivity index (χ1n) is 5.71. The molecular weight excluding hydrogens is 344 g/mol. The van der Waals surface area contributed by atoms with Gasteiger partial charge >= 0.3 is 11.9 Å². The fraction of sp³-hybridized carbons (Fsp3) is 0.0769. The van der Waals surface area contributed by atoms with Crippen molar-refractivity contribution in [3.05, 3.63) is 50.7 Å². The maximum atomic E-state index is 11.8. The number of hydrogen-bond acceptors (Lipinski definition) is 4. The number of carbonyl (C=O) groups is 2. The SMILES string of the molecule is O=C(O)Cn1nc(-c2ccc(Br)cc2)cc(C(=O)O)c1=O. The molecule has 108 valence electrons. The largest absolute Gasteiger partial charge is 0.480 e. The summed E-state index contributed by atoms with van der Waals surface area (Å²) in [5.74, 6) is -2.71. The molecular formula is C13H9BrN2O5. The van der Waals surface area contributed by atoms with Crippen molar-refractivity contribution in [1.29, 1.82) is 0 Å². The molecule has 0 spiro atoms. The van der Waals surface area contributed by atoms with Gasteiger partial charge < -0.3 is 10.2 Å². The van der Waals surface area contributed by atoms with Gasteiger partial charge in [0.25, 0.3) is 5.56 Å². The second-order valence-corrected chi connectivity index (χ2v) is 5.03. The number of halogens is 1. The van der Waals surface area contributed by atoms with Crippen LogP contribution in [0.25, 0.3) is 11.3 Å². The summed E-state index contributed by atoms with van der Waals surface area (Å²) in [4.78, 5) is 33.7. The van der Waals surface area contributed by atoms with Crippen molar-refractivity contribution in [2.75, 3.05) is 0 Å². The summed E-state index contributed by atoms with van der Waals surface area (Å²) in [6.45, 7) is -0.705. The van der Waals surface area contributed by atoms with Gasteiger partial charge in [-0.1, -0.05) is 28.1 Å². The standard InChI is InChI=1S/C13H9BrN2O5/c14-8-3-1-7(2-4-8)10-5-9(13(20)21)12(19)16(15-10)6-11(17)18/h1-5H,6H2,(H,17,18)(H,20,21). The molecule has 2 rings (SSSR count). The van der Waals surface area contributed by atoms with E-state index in [9.17, 15) is 14.4 Å². The number of nitrogens with zero attached hydrogens (tertiary/aromatic N) is 2. The van der Waals surface area contributed by atoms with Crippen molar-refractivity contribution in [2.24, 2.45) is 0 Å². The highest BCUT2D eigenvalue weighted by Gasteiger charge is 2.16. The lowest BCUT2D eigenvalue weighted by Gasteiger charge is -2.07. The smallest absolute Gasteiger partial charge is 0.341 e. The number of carboxylic acids is 2. The van der Waals surface area contributed by atoms with Gasteiger partial charge in [0.2, 0.25) is 0 Å². The van der Waals surface area contributed by atoms with Crippen LogP contribution in [-0.4, -0.2) is 31.9 Å². The van der Waals surface area contributed by atoms with Gasteiger partial charge in [-0.05, 0) is 18.2 Å². The molecule has 1 aromatic heterocycles. The van der Waals surface area contributed by atoms with Crippen LogP contribution >= 0.6 is 15.9 Å². The minimum atomic E-state index is -1.43. The van der Waals surface area contributed by atoms with E-state index in [1.807, 2.05) is 0 Å². The Morgan fingerprint density at radius 2 is 1.81 bits per heavy atom. The Morgan fingerprint density at radius 1 is 1.19 bits per heavy atom. The van der Waals surface area contributed by atoms with Crippen molar-refractivity contribution in [3.8, 4) is 11.3 Å². The highest BCUT2D eigenvalue weighted by Crippen LogP contribution is 2.19. The number of aromatic nitrogens is 2. The quantitative estimate of drug-likeness (QED) is 0.861. The van der Waals surface area contributed by atoms with Crippen molar-refractivity contribution in [2.45, 2.75) is 6.54 Å². The van der Waals surface area contributed by atoms with Gasteiger partial charge in [0.1, 0.15) is 12.1 Å². The minimum Gasteiger partial charge on any atom is -0.480 e. The van der Waals surface area contributed by atoms with Crippen LogP contribution in [0.1, 0.15) is 10.4 Å². The van der Waals surface area contributed by atoms with Crippen LogP contribution in [0.2, 0.25) is 0 Å². The molecule has 0 saturated carbocycles. The van der Waals surface area contributed by atoms with Crippen LogP contribution in [0.5, 0.6) is 0 Å². The number of hydrogen-bond donors (Lipinski definition) is 2. The zero-order valence-corrected chi connectivity index (χ0v) is 12.1. The molecule has 0 saturated heterocycles. The molecule has 0 unspecified atom stereocenters. The van der Waals surface area contributed by atoms with E-state index < -0.39 is 29.6 Å². The third kappa shape index (κ3) is 3.34. The second-order valence-electron chi connectivity index (χ2n) is 4.11. The van der Waals surface area contributed by atoms with Crippen LogP contribution in [0, 0.1) is 0 Å². The molecule has 0 radical (unpaired) electrons. The molecule has 0 aliphatic carbocycles. The summed E-state index contributed by atoms with van der Waals surface area (Å²) in [7, 11) is 0.